The van der Waals surface area contributed by atoms with E-state index in [1.54, 1.807) is 0 Å². The van der Waals surface area contributed by atoms with Gasteiger partial charge < -0.3 is 15.2 Å². The number of nitrogens with two attached hydrogens (primary N) is 1. The number of unbranched alkanes of at least 4 members (excludes halogenated alkanes) is 16. The van der Waals surface area contributed by atoms with Crippen molar-refractivity contribution in [3.63, 3.8) is 0 Å². The number of rotatable bonds is 24. The molecule has 0 aromatic heterocycles. The van der Waals surface area contributed by atoms with Gasteiger partial charge in [0, 0.05) is 19.3 Å². The van der Waals surface area contributed by atoms with Crippen molar-refractivity contribution in [1.29, 1.82) is 0 Å². The Morgan fingerprint density at radius 3 is 1.24 bits per heavy atom. The van der Waals surface area contributed by atoms with Crippen molar-refractivity contribution in [3.8, 4) is 0 Å². The van der Waals surface area contributed by atoms with E-state index in [9.17, 15) is 19.2 Å². The molecule has 0 amide bonds. The summed E-state index contributed by atoms with van der Waals surface area (Å²) in [5, 5.41) is 0. The predicted molar refractivity (Wildman–Crippen MR) is 152 cm³/mol. The fourth-order valence-electron chi connectivity index (χ4n) is 4.02. The molecule has 0 spiro atoms. The van der Waals surface area contributed by atoms with E-state index >= 15 is 0 Å². The highest BCUT2D eigenvalue weighted by atomic mass is 24.3. The minimum Gasteiger partial charge on any atom is -0.393 e. The van der Waals surface area contributed by atoms with Gasteiger partial charge in [-0.25, -0.2) is 4.79 Å². The molecule has 2 N–H and O–H groups in total. The summed E-state index contributed by atoms with van der Waals surface area (Å²) in [4.78, 5) is 47.4. The van der Waals surface area contributed by atoms with Crippen LogP contribution in [0.25, 0.3) is 0 Å². The van der Waals surface area contributed by atoms with Crippen LogP contribution in [0.1, 0.15) is 155 Å². The lowest BCUT2D eigenvalue weighted by molar-refractivity contribution is -0.160. The number of carbonyl (C=O) groups excluding carboxylic acids is 4. The van der Waals surface area contributed by atoms with E-state index in [1.807, 2.05) is 0 Å². The zero-order valence-electron chi connectivity index (χ0n) is 23.2. The summed E-state index contributed by atoms with van der Waals surface area (Å²) in [7, 11) is 0. The molecule has 0 saturated heterocycles. The van der Waals surface area contributed by atoms with Crippen molar-refractivity contribution >= 4 is 46.9 Å². The van der Waals surface area contributed by atoms with Crippen molar-refractivity contribution in [2.45, 2.75) is 161 Å². The van der Waals surface area contributed by atoms with Gasteiger partial charge in [-0.2, -0.15) is 0 Å². The van der Waals surface area contributed by atoms with Crippen LogP contribution in [0.4, 0.5) is 0 Å². The lowest BCUT2D eigenvalue weighted by Crippen LogP contribution is -2.34. The number of hydrogen-bond donors (Lipinski definition) is 1. The second kappa shape index (κ2) is 28.0. The Morgan fingerprint density at radius 2 is 0.838 bits per heavy atom. The van der Waals surface area contributed by atoms with Crippen LogP contribution in [0.3, 0.4) is 0 Å². The Labute approximate surface area is 241 Å². The molecular weight excluding hydrogens is 483 g/mol. The first-order valence-corrected chi connectivity index (χ1v) is 14.6. The van der Waals surface area contributed by atoms with Crippen LogP contribution in [0, 0.1) is 0 Å². The molecule has 37 heavy (non-hydrogen) atoms. The van der Waals surface area contributed by atoms with E-state index in [-0.39, 0.29) is 48.7 Å². The van der Waals surface area contributed by atoms with Crippen molar-refractivity contribution in [2.24, 2.45) is 5.73 Å². The monoisotopic (exact) mass is 537 g/mol. The zero-order valence-corrected chi connectivity index (χ0v) is 23.2. The van der Waals surface area contributed by atoms with E-state index in [0.29, 0.717) is 12.8 Å². The van der Waals surface area contributed by atoms with Crippen LogP contribution in [-0.4, -0.2) is 53.0 Å². The molecule has 0 aromatic rings. The van der Waals surface area contributed by atoms with E-state index in [2.05, 4.69) is 13.8 Å². The summed E-state index contributed by atoms with van der Waals surface area (Å²) in [6.45, 7) is 4.40. The molecule has 8 heteroatoms. The Bertz CT molecular complexity index is 599. The molecule has 1 atom stereocenters. The molecular formula is C29H55MgNO6. The SMILES string of the molecule is CCCCCCCCCCCC(=O)OC(=O)CC[C@H](N)C(=O)OC(=O)CCCCCCCCCCC.[MgH2]. The second-order valence-corrected chi connectivity index (χ2v) is 9.94. The third-order valence-electron chi connectivity index (χ3n) is 6.37. The van der Waals surface area contributed by atoms with Crippen LogP contribution in [0.15, 0.2) is 0 Å². The number of ether oxygens (including phenoxy) is 2. The molecule has 0 aliphatic rings. The Hall–Kier alpha value is -0.994. The quantitative estimate of drug-likeness (QED) is 0.0678. The first-order chi connectivity index (χ1) is 17.4. The Balaban J connectivity index is 0. The predicted octanol–water partition coefficient (Wildman–Crippen LogP) is 6.16. The van der Waals surface area contributed by atoms with Gasteiger partial charge in [0.15, 0.2) is 0 Å². The van der Waals surface area contributed by atoms with Crippen LogP contribution >= 0.6 is 0 Å². The largest absolute Gasteiger partial charge is 0.393 e. The molecule has 214 valence electrons. The van der Waals surface area contributed by atoms with E-state index < -0.39 is 29.9 Å². The van der Waals surface area contributed by atoms with Crippen LogP contribution < -0.4 is 5.73 Å². The average molecular weight is 538 g/mol. The summed E-state index contributed by atoms with van der Waals surface area (Å²) in [6.07, 6.45) is 20.6. The normalized spacial score (nSPS) is 11.4. The smallest absolute Gasteiger partial charge is 0.330 e. The highest BCUT2D eigenvalue weighted by Gasteiger charge is 2.21. The van der Waals surface area contributed by atoms with Gasteiger partial charge in [-0.3, -0.25) is 14.4 Å². The summed E-state index contributed by atoms with van der Waals surface area (Å²) in [5.74, 6) is -2.68. The molecule has 0 aliphatic heterocycles. The van der Waals surface area contributed by atoms with Crippen LogP contribution in [-0.2, 0) is 28.7 Å². The first-order valence-electron chi connectivity index (χ1n) is 14.6. The lowest BCUT2D eigenvalue weighted by atomic mass is 10.1. The summed E-state index contributed by atoms with van der Waals surface area (Å²) in [6, 6.07) is -1.10. The van der Waals surface area contributed by atoms with Crippen molar-refractivity contribution in [3.05, 3.63) is 0 Å². The Morgan fingerprint density at radius 1 is 0.514 bits per heavy atom. The van der Waals surface area contributed by atoms with Gasteiger partial charge in [0.05, 0.1) is 0 Å². The maximum Gasteiger partial charge on any atom is 0.330 e. The maximum absolute atomic E-state index is 12.0. The second-order valence-electron chi connectivity index (χ2n) is 9.94. The van der Waals surface area contributed by atoms with Crippen LogP contribution in [0.5, 0.6) is 0 Å². The molecule has 7 nitrogen and oxygen atoms in total. The van der Waals surface area contributed by atoms with Gasteiger partial charge in [0.25, 0.3) is 0 Å². The molecule has 0 rings (SSSR count). The topological polar surface area (TPSA) is 113 Å². The summed E-state index contributed by atoms with van der Waals surface area (Å²) in [5.41, 5.74) is 5.73. The van der Waals surface area contributed by atoms with Crippen LogP contribution in [0.2, 0.25) is 0 Å². The third kappa shape index (κ3) is 26.4. The fraction of sp³-hybridized carbons (Fsp3) is 0.862. The van der Waals surface area contributed by atoms with Crippen molar-refractivity contribution in [2.75, 3.05) is 0 Å². The van der Waals surface area contributed by atoms with E-state index in [4.69, 9.17) is 15.2 Å². The van der Waals surface area contributed by atoms with Gasteiger partial charge in [-0.1, -0.05) is 117 Å². The number of carbonyl (C=O) groups is 4. The highest BCUT2D eigenvalue weighted by molar-refractivity contribution is 5.89. The standard InChI is InChI=1S/C29H53NO6.Mg.2H/c1-3-5-7-9-11-13-15-17-19-21-26(31)35-28(33)24-23-25(30)29(34)36-27(32)22-20-18-16-14-12-10-8-6-4-2;;;/h25H,3-24,30H2,1-2H3;;;/t25-;;;/m0.../s1. The minimum absolute atomic E-state index is 0. The molecule has 0 aliphatic carbocycles. The summed E-state index contributed by atoms with van der Waals surface area (Å²) < 4.78 is 9.58. The first kappa shape index (κ1) is 38.2. The summed E-state index contributed by atoms with van der Waals surface area (Å²) >= 11 is 0. The van der Waals surface area contributed by atoms with Crippen molar-refractivity contribution in [1.82, 2.24) is 0 Å². The molecule has 0 bridgehead atoms. The highest BCUT2D eigenvalue weighted by Crippen LogP contribution is 2.12. The van der Waals surface area contributed by atoms with E-state index in [0.717, 1.165) is 25.7 Å². The molecule has 0 saturated carbocycles. The maximum atomic E-state index is 12.0. The molecule has 0 unspecified atom stereocenters. The average Bonchev–Trinajstić information content (AvgIpc) is 2.85. The van der Waals surface area contributed by atoms with Gasteiger partial charge in [-0.15, -0.1) is 0 Å². The van der Waals surface area contributed by atoms with Gasteiger partial charge in [-0.05, 0) is 19.3 Å². The van der Waals surface area contributed by atoms with Crippen molar-refractivity contribution < 1.29 is 28.7 Å². The van der Waals surface area contributed by atoms with E-state index in [1.165, 1.54) is 77.0 Å². The molecule has 0 radical (unpaired) electrons. The Kier molecular flexibility index (Phi) is 28.9. The lowest BCUT2D eigenvalue weighted by Gasteiger charge is -2.10. The number of esters is 4. The molecule has 0 aromatic carbocycles. The fourth-order valence-corrected chi connectivity index (χ4v) is 4.02. The zero-order chi connectivity index (χ0) is 26.9. The van der Waals surface area contributed by atoms with Gasteiger partial charge >= 0.3 is 46.9 Å². The minimum atomic E-state index is -1.10. The number of hydrogen-bond acceptors (Lipinski definition) is 7. The van der Waals surface area contributed by atoms with Gasteiger partial charge in [0.1, 0.15) is 6.04 Å². The molecule has 0 fully saturated rings. The third-order valence-corrected chi connectivity index (χ3v) is 6.37. The molecule has 0 heterocycles. The van der Waals surface area contributed by atoms with Gasteiger partial charge in [0.2, 0.25) is 0 Å².